The minimum Gasteiger partial charge on any atom is -0.493 e. The first-order chi connectivity index (χ1) is 16.2. The van der Waals surface area contributed by atoms with Crippen molar-refractivity contribution in [3.63, 3.8) is 0 Å². The fourth-order valence-corrected chi connectivity index (χ4v) is 5.28. The number of benzene rings is 3. The fourth-order valence-electron chi connectivity index (χ4n) is 5.28. The van der Waals surface area contributed by atoms with Gasteiger partial charge in [-0.15, -0.1) is 0 Å². The summed E-state index contributed by atoms with van der Waals surface area (Å²) in [6.45, 7) is 4.39. The predicted octanol–water partition coefficient (Wildman–Crippen LogP) is 5.50. The first kappa shape index (κ1) is 21.5. The molecule has 0 bridgehead atoms. The third-order valence-electron chi connectivity index (χ3n) is 6.95. The molecule has 2 heterocycles. The smallest absolute Gasteiger partial charge is 0.165 e. The Bertz CT molecular complexity index is 1160. The number of rotatable bonds is 5. The molecule has 1 saturated heterocycles. The van der Waals surface area contributed by atoms with E-state index in [1.807, 2.05) is 24.3 Å². The van der Waals surface area contributed by atoms with E-state index in [0.717, 1.165) is 42.3 Å². The Labute approximate surface area is 195 Å². The molecular weight excluding hydrogens is 412 g/mol. The zero-order valence-electron chi connectivity index (χ0n) is 19.2. The quantitative estimate of drug-likeness (QED) is 0.419. The van der Waals surface area contributed by atoms with Crippen LogP contribution in [0.3, 0.4) is 0 Å². The number of piperidine rings is 1. The van der Waals surface area contributed by atoms with Gasteiger partial charge in [0.25, 0.3) is 0 Å². The van der Waals surface area contributed by atoms with Gasteiger partial charge < -0.3 is 14.7 Å². The van der Waals surface area contributed by atoms with E-state index in [9.17, 15) is 5.21 Å². The average molecular weight is 443 g/mol. The summed E-state index contributed by atoms with van der Waals surface area (Å²) in [4.78, 5) is 2.53. The van der Waals surface area contributed by atoms with Crippen molar-refractivity contribution in [1.29, 1.82) is 0 Å². The molecule has 2 unspecified atom stereocenters. The standard InChI is InChI=1S/C28H30N2O3/c1-19-7-6-10-21(15-19)24-17-30-14-13-23-22(26(30)16-25(24)29-31)11-12-27(32-2)28(23)33-18-20-8-4-3-5-9-20/h3-12,15,24,26,31H,13-14,16-18H2,1-2H3. The SMILES string of the molecule is COc1ccc2c(c1OCc1ccccc1)CCN1CC(c3cccc(C)c3)C(=NO)CC21. The number of hydrogen-bond donors (Lipinski definition) is 1. The van der Waals surface area contributed by atoms with Crippen LogP contribution in [-0.4, -0.2) is 36.0 Å². The molecule has 3 aromatic rings. The Morgan fingerprint density at radius 2 is 1.91 bits per heavy atom. The lowest BCUT2D eigenvalue weighted by molar-refractivity contribution is 0.163. The molecule has 170 valence electrons. The maximum Gasteiger partial charge on any atom is 0.165 e. The Morgan fingerprint density at radius 1 is 1.06 bits per heavy atom. The summed E-state index contributed by atoms with van der Waals surface area (Å²) in [5, 5.41) is 13.7. The molecule has 0 spiro atoms. The van der Waals surface area contributed by atoms with Crippen molar-refractivity contribution in [1.82, 2.24) is 4.90 Å². The Morgan fingerprint density at radius 3 is 2.67 bits per heavy atom. The van der Waals surface area contributed by atoms with Crippen LogP contribution in [0, 0.1) is 6.92 Å². The van der Waals surface area contributed by atoms with E-state index in [4.69, 9.17) is 9.47 Å². The second-order valence-electron chi connectivity index (χ2n) is 8.96. The van der Waals surface area contributed by atoms with Crippen LogP contribution in [0.2, 0.25) is 0 Å². The zero-order valence-corrected chi connectivity index (χ0v) is 19.2. The molecule has 5 rings (SSSR count). The highest BCUT2D eigenvalue weighted by molar-refractivity contribution is 5.92. The highest BCUT2D eigenvalue weighted by atomic mass is 16.5. The molecule has 2 atom stereocenters. The van der Waals surface area contributed by atoms with Gasteiger partial charge in [-0.2, -0.15) is 0 Å². The van der Waals surface area contributed by atoms with Crippen molar-refractivity contribution >= 4 is 5.71 Å². The second kappa shape index (κ2) is 9.28. The summed E-state index contributed by atoms with van der Waals surface area (Å²) in [5.41, 5.74) is 6.86. The summed E-state index contributed by atoms with van der Waals surface area (Å²) in [6, 6.07) is 23.1. The highest BCUT2D eigenvalue weighted by Gasteiger charge is 2.39. The van der Waals surface area contributed by atoms with Gasteiger partial charge in [-0.1, -0.05) is 71.4 Å². The number of methoxy groups -OCH3 is 1. The minimum absolute atomic E-state index is 0.111. The van der Waals surface area contributed by atoms with Crippen LogP contribution >= 0.6 is 0 Å². The lowest BCUT2D eigenvalue weighted by atomic mass is 9.79. The van der Waals surface area contributed by atoms with Crippen molar-refractivity contribution in [2.24, 2.45) is 5.16 Å². The van der Waals surface area contributed by atoms with Gasteiger partial charge >= 0.3 is 0 Å². The third kappa shape index (κ3) is 4.21. The number of oxime groups is 1. The Balaban J connectivity index is 1.45. The predicted molar refractivity (Wildman–Crippen MR) is 130 cm³/mol. The molecule has 0 aromatic heterocycles. The third-order valence-corrected chi connectivity index (χ3v) is 6.95. The van der Waals surface area contributed by atoms with E-state index in [1.54, 1.807) is 7.11 Å². The molecule has 0 aliphatic carbocycles. The van der Waals surface area contributed by atoms with Crippen LogP contribution in [0.5, 0.6) is 11.5 Å². The topological polar surface area (TPSA) is 54.3 Å². The van der Waals surface area contributed by atoms with Crippen LogP contribution in [0.4, 0.5) is 0 Å². The van der Waals surface area contributed by atoms with E-state index in [2.05, 4.69) is 59.4 Å². The van der Waals surface area contributed by atoms with Gasteiger partial charge in [0.2, 0.25) is 0 Å². The Hall–Kier alpha value is -3.31. The molecular formula is C28H30N2O3. The molecule has 5 heteroatoms. The maximum atomic E-state index is 9.90. The van der Waals surface area contributed by atoms with E-state index in [1.165, 1.54) is 22.3 Å². The largest absolute Gasteiger partial charge is 0.493 e. The van der Waals surface area contributed by atoms with E-state index < -0.39 is 0 Å². The van der Waals surface area contributed by atoms with E-state index in [0.29, 0.717) is 13.0 Å². The van der Waals surface area contributed by atoms with Crippen molar-refractivity contribution in [2.45, 2.75) is 38.3 Å². The summed E-state index contributed by atoms with van der Waals surface area (Å²) in [7, 11) is 1.69. The number of hydrogen-bond acceptors (Lipinski definition) is 5. The van der Waals surface area contributed by atoms with E-state index in [-0.39, 0.29) is 12.0 Å². The second-order valence-corrected chi connectivity index (χ2v) is 8.96. The average Bonchev–Trinajstić information content (AvgIpc) is 2.86. The zero-order chi connectivity index (χ0) is 22.8. The van der Waals surface area contributed by atoms with Crippen LogP contribution in [0.25, 0.3) is 0 Å². The molecule has 1 fully saturated rings. The molecule has 3 aromatic carbocycles. The number of aryl methyl sites for hydroxylation is 1. The normalized spacial score (nSPS) is 21.3. The molecule has 0 amide bonds. The van der Waals surface area contributed by atoms with E-state index >= 15 is 0 Å². The Kier molecular flexibility index (Phi) is 6.05. The van der Waals surface area contributed by atoms with Crippen molar-refractivity contribution in [2.75, 3.05) is 20.2 Å². The van der Waals surface area contributed by atoms with Crippen LogP contribution < -0.4 is 9.47 Å². The van der Waals surface area contributed by atoms with Gasteiger partial charge in [-0.25, -0.2) is 0 Å². The summed E-state index contributed by atoms with van der Waals surface area (Å²) in [6.07, 6.45) is 1.60. The maximum absolute atomic E-state index is 9.90. The molecule has 1 N–H and O–H groups in total. The van der Waals surface area contributed by atoms with Gasteiger partial charge in [0.1, 0.15) is 6.61 Å². The van der Waals surface area contributed by atoms with Crippen LogP contribution in [0.1, 0.15) is 46.2 Å². The van der Waals surface area contributed by atoms with Gasteiger partial charge in [-0.3, -0.25) is 4.90 Å². The molecule has 0 saturated carbocycles. The number of fused-ring (bicyclic) bond motifs is 3. The lowest BCUT2D eigenvalue weighted by Gasteiger charge is -2.44. The molecule has 5 nitrogen and oxygen atoms in total. The van der Waals surface area contributed by atoms with Gasteiger partial charge in [0.05, 0.1) is 12.8 Å². The minimum atomic E-state index is 0.111. The van der Waals surface area contributed by atoms with Crippen molar-refractivity contribution in [3.05, 3.63) is 94.5 Å². The van der Waals surface area contributed by atoms with Crippen LogP contribution in [0.15, 0.2) is 71.9 Å². The van der Waals surface area contributed by atoms with Gasteiger partial charge in [0, 0.05) is 37.0 Å². The molecule has 2 aliphatic heterocycles. The highest BCUT2D eigenvalue weighted by Crippen LogP contribution is 2.45. The van der Waals surface area contributed by atoms with Gasteiger partial charge in [-0.05, 0) is 36.1 Å². The summed E-state index contributed by atoms with van der Waals surface area (Å²) in [5.74, 6) is 1.71. The molecule has 33 heavy (non-hydrogen) atoms. The summed E-state index contributed by atoms with van der Waals surface area (Å²) >= 11 is 0. The fraction of sp³-hybridized carbons (Fsp3) is 0.321. The summed E-state index contributed by atoms with van der Waals surface area (Å²) < 4.78 is 12.0. The first-order valence-electron chi connectivity index (χ1n) is 11.6. The van der Waals surface area contributed by atoms with Crippen molar-refractivity contribution in [3.8, 4) is 11.5 Å². The number of ether oxygens (including phenoxy) is 2. The molecule has 2 aliphatic rings. The van der Waals surface area contributed by atoms with Crippen LogP contribution in [-0.2, 0) is 13.0 Å². The monoisotopic (exact) mass is 442 g/mol. The van der Waals surface area contributed by atoms with Crippen molar-refractivity contribution < 1.29 is 14.7 Å². The molecule has 0 radical (unpaired) electrons. The first-order valence-corrected chi connectivity index (χ1v) is 11.6. The van der Waals surface area contributed by atoms with Gasteiger partial charge in [0.15, 0.2) is 11.5 Å². The number of nitrogens with zero attached hydrogens (tertiary/aromatic N) is 2. The lowest BCUT2D eigenvalue weighted by Crippen LogP contribution is -2.45.